The highest BCUT2D eigenvalue weighted by molar-refractivity contribution is 9.09. The van der Waals surface area contributed by atoms with Gasteiger partial charge in [0.1, 0.15) is 0 Å². The van der Waals surface area contributed by atoms with E-state index in [-0.39, 0.29) is 11.9 Å². The fourth-order valence-electron chi connectivity index (χ4n) is 1.80. The second-order valence-electron chi connectivity index (χ2n) is 4.29. The van der Waals surface area contributed by atoms with Crippen LogP contribution in [-0.2, 0) is 4.79 Å². The summed E-state index contributed by atoms with van der Waals surface area (Å²) in [5, 5.41) is 3.75. The van der Waals surface area contributed by atoms with Gasteiger partial charge in [-0.05, 0) is 17.7 Å². The summed E-state index contributed by atoms with van der Waals surface area (Å²) in [6.45, 7) is 0. The maximum absolute atomic E-state index is 12.0. The van der Waals surface area contributed by atoms with Gasteiger partial charge in [0.25, 0.3) is 0 Å². The topological polar surface area (TPSA) is 29.1 Å². The number of rotatable bonds is 6. The van der Waals surface area contributed by atoms with Crippen LogP contribution in [-0.4, -0.2) is 17.0 Å². The van der Waals surface area contributed by atoms with E-state index >= 15 is 0 Å². The van der Waals surface area contributed by atoms with Crippen molar-refractivity contribution in [2.45, 2.75) is 10.9 Å². The number of carbonyl (C=O) groups excluding carboxylic acids is 1. The third-order valence-electron chi connectivity index (χ3n) is 2.80. The van der Waals surface area contributed by atoms with Crippen molar-refractivity contribution in [3.05, 3.63) is 66.2 Å². The van der Waals surface area contributed by atoms with Gasteiger partial charge in [-0.3, -0.25) is 4.79 Å². The zero-order valence-electron chi connectivity index (χ0n) is 11.0. The zero-order valence-corrected chi connectivity index (χ0v) is 13.4. The van der Waals surface area contributed by atoms with Gasteiger partial charge in [-0.2, -0.15) is 0 Å². The minimum Gasteiger partial charge on any atom is -0.348 e. The molecule has 2 rings (SSSR count). The Morgan fingerprint density at radius 3 is 2.25 bits per heavy atom. The van der Waals surface area contributed by atoms with Gasteiger partial charge in [0.05, 0.1) is 11.8 Å². The standard InChI is InChI=1S/C16H16BrNOS/c17-11-15(13-7-3-1-4-8-13)18-16(19)12-20-14-9-5-2-6-10-14/h1-10,15H,11-12H2,(H,18,19). The van der Waals surface area contributed by atoms with Crippen LogP contribution in [0.2, 0.25) is 0 Å². The molecule has 0 radical (unpaired) electrons. The number of carbonyl (C=O) groups is 1. The molecule has 0 saturated heterocycles. The number of amides is 1. The molecule has 2 aromatic carbocycles. The molecule has 0 aliphatic heterocycles. The number of halogens is 1. The van der Waals surface area contributed by atoms with Crippen LogP contribution < -0.4 is 5.32 Å². The fraction of sp³-hybridized carbons (Fsp3) is 0.188. The predicted octanol–water partition coefficient (Wildman–Crippen LogP) is 4.03. The minimum absolute atomic E-state index is 0.0140. The van der Waals surface area contributed by atoms with Gasteiger partial charge in [-0.15, -0.1) is 11.8 Å². The number of nitrogens with one attached hydrogen (secondary N) is 1. The summed E-state index contributed by atoms with van der Waals surface area (Å²) in [5.41, 5.74) is 1.11. The van der Waals surface area contributed by atoms with Crippen LogP contribution in [0.25, 0.3) is 0 Å². The third kappa shape index (κ3) is 4.69. The van der Waals surface area contributed by atoms with E-state index in [1.165, 1.54) is 0 Å². The van der Waals surface area contributed by atoms with Crippen molar-refractivity contribution in [1.82, 2.24) is 5.32 Å². The van der Waals surface area contributed by atoms with Crippen LogP contribution in [0.5, 0.6) is 0 Å². The molecule has 0 aliphatic rings. The normalized spacial score (nSPS) is 11.8. The smallest absolute Gasteiger partial charge is 0.230 e. The first kappa shape index (κ1) is 15.1. The largest absolute Gasteiger partial charge is 0.348 e. The highest BCUT2D eigenvalue weighted by atomic mass is 79.9. The van der Waals surface area contributed by atoms with E-state index in [4.69, 9.17) is 0 Å². The summed E-state index contributed by atoms with van der Waals surface area (Å²) in [7, 11) is 0. The van der Waals surface area contributed by atoms with E-state index in [1.54, 1.807) is 11.8 Å². The number of thioether (sulfide) groups is 1. The lowest BCUT2D eigenvalue weighted by Crippen LogP contribution is -2.30. The lowest BCUT2D eigenvalue weighted by molar-refractivity contribution is -0.119. The average Bonchev–Trinajstić information content (AvgIpc) is 2.52. The fourth-order valence-corrected chi connectivity index (χ4v) is 3.06. The lowest BCUT2D eigenvalue weighted by atomic mass is 10.1. The van der Waals surface area contributed by atoms with Gasteiger partial charge < -0.3 is 5.32 Å². The first-order chi connectivity index (χ1) is 9.79. The SMILES string of the molecule is O=C(CSc1ccccc1)NC(CBr)c1ccccc1. The molecule has 0 aromatic heterocycles. The Bertz CT molecular complexity index is 533. The quantitative estimate of drug-likeness (QED) is 0.630. The Morgan fingerprint density at radius 1 is 1.05 bits per heavy atom. The van der Waals surface area contributed by atoms with E-state index in [1.807, 2.05) is 60.7 Å². The van der Waals surface area contributed by atoms with E-state index in [0.717, 1.165) is 10.5 Å². The summed E-state index contributed by atoms with van der Waals surface area (Å²) in [6.07, 6.45) is 0. The van der Waals surface area contributed by atoms with Gasteiger partial charge in [-0.25, -0.2) is 0 Å². The van der Waals surface area contributed by atoms with Gasteiger partial charge in [-0.1, -0.05) is 64.5 Å². The van der Waals surface area contributed by atoms with Crippen molar-refractivity contribution in [2.75, 3.05) is 11.1 Å². The van der Waals surface area contributed by atoms with Gasteiger partial charge in [0.15, 0.2) is 0 Å². The molecule has 1 unspecified atom stereocenters. The highest BCUT2D eigenvalue weighted by Gasteiger charge is 2.12. The number of benzene rings is 2. The van der Waals surface area contributed by atoms with Crippen molar-refractivity contribution in [2.24, 2.45) is 0 Å². The Kier molecular flexibility index (Phi) is 6.15. The first-order valence-electron chi connectivity index (χ1n) is 6.37. The van der Waals surface area contributed by atoms with Crippen LogP contribution in [0.3, 0.4) is 0 Å². The predicted molar refractivity (Wildman–Crippen MR) is 88.3 cm³/mol. The van der Waals surface area contributed by atoms with Crippen molar-refractivity contribution < 1.29 is 4.79 Å². The molecule has 20 heavy (non-hydrogen) atoms. The van der Waals surface area contributed by atoms with Crippen molar-refractivity contribution in [3.63, 3.8) is 0 Å². The summed E-state index contributed by atoms with van der Waals surface area (Å²) in [6, 6.07) is 20.0. The second kappa shape index (κ2) is 8.12. The zero-order chi connectivity index (χ0) is 14.2. The monoisotopic (exact) mass is 349 g/mol. The van der Waals surface area contributed by atoms with Crippen LogP contribution in [0, 0.1) is 0 Å². The molecule has 0 aliphatic carbocycles. The summed E-state index contributed by atoms with van der Waals surface area (Å²) in [5.74, 6) is 0.479. The Labute approximate surface area is 132 Å². The molecule has 2 aromatic rings. The second-order valence-corrected chi connectivity index (χ2v) is 5.98. The highest BCUT2D eigenvalue weighted by Crippen LogP contribution is 2.18. The van der Waals surface area contributed by atoms with Crippen molar-refractivity contribution >= 4 is 33.6 Å². The third-order valence-corrected chi connectivity index (χ3v) is 4.46. The molecule has 0 fully saturated rings. The summed E-state index contributed by atoms with van der Waals surface area (Å²) in [4.78, 5) is 13.1. The molecule has 1 N–H and O–H groups in total. The summed E-state index contributed by atoms with van der Waals surface area (Å²) < 4.78 is 0. The van der Waals surface area contributed by atoms with Gasteiger partial charge >= 0.3 is 0 Å². The number of hydrogen-bond donors (Lipinski definition) is 1. The van der Waals surface area contributed by atoms with Gasteiger partial charge in [0, 0.05) is 10.2 Å². The average molecular weight is 350 g/mol. The molecule has 0 bridgehead atoms. The first-order valence-corrected chi connectivity index (χ1v) is 8.48. The molecule has 0 heterocycles. The molecular formula is C16H16BrNOS. The van der Waals surface area contributed by atoms with Crippen LogP contribution in [0.1, 0.15) is 11.6 Å². The van der Waals surface area contributed by atoms with Crippen molar-refractivity contribution in [1.29, 1.82) is 0 Å². The van der Waals surface area contributed by atoms with Gasteiger partial charge in [0.2, 0.25) is 5.91 Å². The van der Waals surface area contributed by atoms with Crippen LogP contribution in [0.15, 0.2) is 65.6 Å². The maximum atomic E-state index is 12.0. The number of hydrogen-bond acceptors (Lipinski definition) is 2. The van der Waals surface area contributed by atoms with E-state index in [0.29, 0.717) is 11.1 Å². The Morgan fingerprint density at radius 2 is 1.65 bits per heavy atom. The Hall–Kier alpha value is -1.26. The molecule has 1 atom stereocenters. The minimum atomic E-state index is 0.0140. The molecule has 2 nitrogen and oxygen atoms in total. The lowest BCUT2D eigenvalue weighted by Gasteiger charge is -2.16. The van der Waals surface area contributed by atoms with E-state index < -0.39 is 0 Å². The molecule has 104 valence electrons. The van der Waals surface area contributed by atoms with E-state index in [9.17, 15) is 4.79 Å². The van der Waals surface area contributed by atoms with Crippen LogP contribution in [0.4, 0.5) is 0 Å². The van der Waals surface area contributed by atoms with E-state index in [2.05, 4.69) is 21.2 Å². The maximum Gasteiger partial charge on any atom is 0.230 e. The van der Waals surface area contributed by atoms with Crippen molar-refractivity contribution in [3.8, 4) is 0 Å². The molecule has 4 heteroatoms. The molecular weight excluding hydrogens is 334 g/mol. The molecule has 1 amide bonds. The summed E-state index contributed by atoms with van der Waals surface area (Å²) >= 11 is 5.00. The molecule has 0 saturated carbocycles. The Balaban J connectivity index is 1.87. The number of alkyl halides is 1. The molecule has 0 spiro atoms. The van der Waals surface area contributed by atoms with Crippen LogP contribution >= 0.6 is 27.7 Å².